The highest BCUT2D eigenvalue weighted by atomic mass is 35.5. The fourth-order valence-electron chi connectivity index (χ4n) is 5.28. The Kier molecular flexibility index (Phi) is 7.14. The average Bonchev–Trinajstić information content (AvgIpc) is 3.27. The van der Waals surface area contributed by atoms with Crippen molar-refractivity contribution in [3.8, 4) is 17.1 Å². The lowest BCUT2D eigenvalue weighted by atomic mass is 9.90. The number of nitrogens with one attached hydrogen (secondary N) is 2. The fourth-order valence-corrected chi connectivity index (χ4v) is 6.65. The number of sulfonamides is 1. The minimum Gasteiger partial charge on any atom is -0.474 e. The number of pyridine rings is 1. The van der Waals surface area contributed by atoms with E-state index in [0.29, 0.717) is 23.2 Å². The SMILES string of the molecule is Cc1[nH]nc2cc(-c3ccc(NS(=O)(=O)c4cc(Cl)c(F)cc4F)cc3)nc(OC3CCN(C4CCC4)CC3)c12. The number of fused-ring (bicyclic) bond motifs is 1. The van der Waals surface area contributed by atoms with Gasteiger partial charge < -0.3 is 9.64 Å². The van der Waals surface area contributed by atoms with Gasteiger partial charge in [0, 0.05) is 42.1 Å². The van der Waals surface area contributed by atoms with E-state index in [4.69, 9.17) is 21.3 Å². The predicted octanol–water partition coefficient (Wildman–Crippen LogP) is 6.06. The Bertz CT molecular complexity index is 1670. The molecule has 0 amide bonds. The monoisotopic (exact) mass is 587 g/mol. The van der Waals surface area contributed by atoms with Crippen molar-refractivity contribution in [3.05, 3.63) is 64.8 Å². The van der Waals surface area contributed by atoms with Crippen molar-refractivity contribution < 1.29 is 21.9 Å². The van der Waals surface area contributed by atoms with E-state index in [1.807, 2.05) is 13.0 Å². The van der Waals surface area contributed by atoms with Gasteiger partial charge in [0.1, 0.15) is 22.6 Å². The number of H-pyrrole nitrogens is 1. The number of aryl methyl sites for hydroxylation is 1. The Balaban J connectivity index is 1.22. The molecule has 6 rings (SSSR count). The van der Waals surface area contributed by atoms with Crippen LogP contribution in [0.15, 0.2) is 47.4 Å². The maximum absolute atomic E-state index is 14.2. The van der Waals surface area contributed by atoms with E-state index in [9.17, 15) is 17.2 Å². The largest absolute Gasteiger partial charge is 0.474 e. The van der Waals surface area contributed by atoms with Crippen molar-refractivity contribution in [1.82, 2.24) is 20.1 Å². The lowest BCUT2D eigenvalue weighted by Gasteiger charge is -2.41. The summed E-state index contributed by atoms with van der Waals surface area (Å²) in [5.41, 5.74) is 3.11. The molecule has 210 valence electrons. The molecule has 0 unspecified atom stereocenters. The molecule has 2 aliphatic rings. The number of hydrogen-bond acceptors (Lipinski definition) is 6. The number of aromatic amines is 1. The van der Waals surface area contributed by atoms with Crippen LogP contribution < -0.4 is 9.46 Å². The summed E-state index contributed by atoms with van der Waals surface area (Å²) in [6, 6.07) is 10.2. The molecule has 1 aliphatic heterocycles. The molecular formula is C28H28ClF2N5O3S. The van der Waals surface area contributed by atoms with Gasteiger partial charge >= 0.3 is 0 Å². The highest BCUT2D eigenvalue weighted by Gasteiger charge is 2.30. The van der Waals surface area contributed by atoms with E-state index in [1.54, 1.807) is 12.1 Å². The third kappa shape index (κ3) is 5.25. The molecule has 0 atom stereocenters. The molecule has 12 heteroatoms. The highest BCUT2D eigenvalue weighted by molar-refractivity contribution is 7.92. The number of hydrogen-bond donors (Lipinski definition) is 2. The second-order valence-electron chi connectivity index (χ2n) is 10.4. The maximum Gasteiger partial charge on any atom is 0.264 e. The van der Waals surface area contributed by atoms with Crippen LogP contribution in [0.1, 0.15) is 37.8 Å². The van der Waals surface area contributed by atoms with Crippen LogP contribution in [-0.2, 0) is 10.0 Å². The molecule has 1 saturated carbocycles. The predicted molar refractivity (Wildman–Crippen MR) is 149 cm³/mol. The first-order valence-corrected chi connectivity index (χ1v) is 15.1. The Labute approximate surface area is 235 Å². The molecule has 2 N–H and O–H groups in total. The second-order valence-corrected chi connectivity index (χ2v) is 12.4. The maximum atomic E-state index is 14.2. The number of nitrogens with zero attached hydrogens (tertiary/aromatic N) is 3. The number of piperidine rings is 1. The van der Waals surface area contributed by atoms with Crippen LogP contribution >= 0.6 is 11.6 Å². The van der Waals surface area contributed by atoms with Gasteiger partial charge in [-0.1, -0.05) is 30.2 Å². The van der Waals surface area contributed by atoms with Gasteiger partial charge in [0.05, 0.1) is 21.6 Å². The molecule has 2 aromatic heterocycles. The smallest absolute Gasteiger partial charge is 0.264 e. The molecule has 2 aromatic carbocycles. The number of benzene rings is 2. The molecule has 1 saturated heterocycles. The molecule has 0 radical (unpaired) electrons. The molecule has 0 bridgehead atoms. The lowest BCUT2D eigenvalue weighted by Crippen LogP contribution is -2.46. The summed E-state index contributed by atoms with van der Waals surface area (Å²) in [7, 11) is -4.35. The van der Waals surface area contributed by atoms with Crippen LogP contribution in [0.3, 0.4) is 0 Å². The van der Waals surface area contributed by atoms with Gasteiger partial charge in [-0.2, -0.15) is 5.10 Å². The van der Waals surface area contributed by atoms with Crippen LogP contribution in [0.2, 0.25) is 5.02 Å². The molecule has 4 aromatic rings. The van der Waals surface area contributed by atoms with Crippen molar-refractivity contribution >= 4 is 38.2 Å². The van der Waals surface area contributed by atoms with E-state index in [-0.39, 0.29) is 11.8 Å². The van der Waals surface area contributed by atoms with E-state index in [0.717, 1.165) is 54.6 Å². The number of aromatic nitrogens is 3. The number of halogens is 3. The van der Waals surface area contributed by atoms with Crippen molar-refractivity contribution in [2.24, 2.45) is 0 Å². The molecule has 3 heterocycles. The van der Waals surface area contributed by atoms with Crippen molar-refractivity contribution in [3.63, 3.8) is 0 Å². The van der Waals surface area contributed by atoms with E-state index in [2.05, 4.69) is 19.8 Å². The summed E-state index contributed by atoms with van der Waals surface area (Å²) in [5.74, 6) is -1.75. The first-order valence-electron chi connectivity index (χ1n) is 13.2. The van der Waals surface area contributed by atoms with Crippen LogP contribution in [0.5, 0.6) is 5.88 Å². The molecule has 0 spiro atoms. The van der Waals surface area contributed by atoms with Gasteiger partial charge in [0.25, 0.3) is 10.0 Å². The number of ether oxygens (including phenoxy) is 1. The first kappa shape index (κ1) is 26.9. The summed E-state index contributed by atoms with van der Waals surface area (Å²) in [6.07, 6.45) is 5.85. The number of rotatable bonds is 7. The van der Waals surface area contributed by atoms with Gasteiger partial charge in [-0.05, 0) is 56.9 Å². The van der Waals surface area contributed by atoms with E-state index < -0.39 is 31.6 Å². The standard InChI is InChI=1S/C28H28ClF2N5O3S/c1-16-27-25(34-33-16)15-24(32-28(27)39-20-9-11-36(12-10-20)19-3-2-4-19)17-5-7-18(8-6-17)35-40(37,38)26-13-21(29)22(30)14-23(26)31/h5-8,13-15,19-20,35H,2-4,9-12H2,1H3,(H,33,34). The van der Waals surface area contributed by atoms with Crippen molar-refractivity contribution in [1.29, 1.82) is 0 Å². The normalized spacial score (nSPS) is 17.2. The summed E-state index contributed by atoms with van der Waals surface area (Å²) in [5, 5.41) is 7.78. The highest BCUT2D eigenvalue weighted by Crippen LogP contribution is 2.34. The van der Waals surface area contributed by atoms with Gasteiger partial charge in [0.15, 0.2) is 0 Å². The number of likely N-dealkylation sites (tertiary alicyclic amines) is 1. The van der Waals surface area contributed by atoms with E-state index >= 15 is 0 Å². The third-order valence-corrected chi connectivity index (χ3v) is 9.41. The van der Waals surface area contributed by atoms with Gasteiger partial charge in [-0.15, -0.1) is 0 Å². The Morgan fingerprint density at radius 2 is 1.77 bits per heavy atom. The average molecular weight is 588 g/mol. The van der Waals surface area contributed by atoms with Crippen LogP contribution in [0, 0.1) is 18.6 Å². The molecule has 2 fully saturated rings. The zero-order valence-electron chi connectivity index (χ0n) is 21.8. The number of anilines is 1. The summed E-state index contributed by atoms with van der Waals surface area (Å²) in [6.45, 7) is 3.97. The molecule has 1 aliphatic carbocycles. The van der Waals surface area contributed by atoms with Crippen molar-refractivity contribution in [2.45, 2.75) is 56.1 Å². The third-order valence-electron chi connectivity index (χ3n) is 7.73. The molecular weight excluding hydrogens is 560 g/mol. The van der Waals surface area contributed by atoms with Gasteiger partial charge in [-0.25, -0.2) is 22.2 Å². The van der Waals surface area contributed by atoms with Crippen LogP contribution in [-0.4, -0.2) is 53.7 Å². The van der Waals surface area contributed by atoms with E-state index in [1.165, 1.54) is 31.4 Å². The lowest BCUT2D eigenvalue weighted by molar-refractivity contribution is 0.0482. The summed E-state index contributed by atoms with van der Waals surface area (Å²) >= 11 is 5.67. The topological polar surface area (TPSA) is 100 Å². The Hall–Kier alpha value is -3.28. The minimum atomic E-state index is -4.35. The minimum absolute atomic E-state index is 0.0636. The van der Waals surface area contributed by atoms with Crippen LogP contribution in [0.25, 0.3) is 22.2 Å². The Morgan fingerprint density at radius 3 is 2.45 bits per heavy atom. The zero-order valence-corrected chi connectivity index (χ0v) is 23.3. The fraction of sp³-hybridized carbons (Fsp3) is 0.357. The molecule has 8 nitrogen and oxygen atoms in total. The van der Waals surface area contributed by atoms with Crippen LogP contribution in [0.4, 0.5) is 14.5 Å². The van der Waals surface area contributed by atoms with Gasteiger partial charge in [-0.3, -0.25) is 9.82 Å². The summed E-state index contributed by atoms with van der Waals surface area (Å²) < 4.78 is 61.9. The van der Waals surface area contributed by atoms with Crippen molar-refractivity contribution in [2.75, 3.05) is 17.8 Å². The second kappa shape index (κ2) is 10.6. The quantitative estimate of drug-likeness (QED) is 0.255. The first-order chi connectivity index (χ1) is 19.2. The zero-order chi connectivity index (χ0) is 28.0. The van der Waals surface area contributed by atoms with Gasteiger partial charge in [0.2, 0.25) is 5.88 Å². The summed E-state index contributed by atoms with van der Waals surface area (Å²) in [4.78, 5) is 6.65. The Morgan fingerprint density at radius 1 is 1.05 bits per heavy atom. The molecule has 40 heavy (non-hydrogen) atoms.